The average molecular weight is 157 g/mol. The fourth-order valence-electron chi connectivity index (χ4n) is 1.20. The summed E-state index contributed by atoms with van der Waals surface area (Å²) in [6, 6.07) is 0. The Labute approximate surface area is 69.2 Å². The van der Waals surface area contributed by atoms with Crippen LogP contribution >= 0.6 is 0 Å². The van der Waals surface area contributed by atoms with E-state index in [1.165, 1.54) is 0 Å². The van der Waals surface area contributed by atoms with Gasteiger partial charge < -0.3 is 10.5 Å². The summed E-state index contributed by atoms with van der Waals surface area (Å²) in [6.45, 7) is 2.86. The molecule has 66 valence electrons. The summed E-state index contributed by atoms with van der Waals surface area (Å²) in [5, 5.41) is 0. The Morgan fingerprint density at radius 1 is 1.36 bits per heavy atom. The second kappa shape index (κ2) is 7.73. The van der Waals surface area contributed by atoms with Crippen LogP contribution in [0.3, 0.4) is 0 Å². The van der Waals surface area contributed by atoms with Crippen LogP contribution in [-0.4, -0.2) is 12.8 Å². The molecule has 0 rings (SSSR count). The van der Waals surface area contributed by atoms with Crippen molar-refractivity contribution in [3.63, 3.8) is 0 Å². The van der Waals surface area contributed by atoms with Crippen LogP contribution in [0.1, 0.15) is 39.0 Å². The van der Waals surface area contributed by atoms with Crippen molar-refractivity contribution < 1.29 is 4.79 Å². The van der Waals surface area contributed by atoms with Crippen molar-refractivity contribution in [1.82, 2.24) is 0 Å². The predicted octanol–water partition coefficient (Wildman–Crippen LogP) is 1.73. The van der Waals surface area contributed by atoms with Crippen molar-refractivity contribution in [3.8, 4) is 0 Å². The van der Waals surface area contributed by atoms with E-state index < -0.39 is 0 Å². The van der Waals surface area contributed by atoms with Crippen LogP contribution in [0.15, 0.2) is 0 Å². The minimum Gasteiger partial charge on any atom is -0.330 e. The Balaban J connectivity index is 3.28. The minimum atomic E-state index is 0.284. The van der Waals surface area contributed by atoms with Gasteiger partial charge in [0, 0.05) is 5.92 Å². The van der Waals surface area contributed by atoms with E-state index in [2.05, 4.69) is 6.92 Å². The number of rotatable bonds is 7. The molecule has 0 aliphatic carbocycles. The van der Waals surface area contributed by atoms with Gasteiger partial charge in [-0.2, -0.15) is 0 Å². The molecular formula is C9H19NO. The largest absolute Gasteiger partial charge is 0.330 e. The number of nitrogens with two attached hydrogens (primary N) is 1. The Kier molecular flexibility index (Phi) is 7.47. The van der Waals surface area contributed by atoms with Gasteiger partial charge in [-0.15, -0.1) is 0 Å². The molecule has 2 nitrogen and oxygen atoms in total. The van der Waals surface area contributed by atoms with Gasteiger partial charge in [0.25, 0.3) is 0 Å². The number of aldehydes is 1. The molecule has 0 radical (unpaired) electrons. The van der Waals surface area contributed by atoms with Crippen molar-refractivity contribution in [3.05, 3.63) is 0 Å². The van der Waals surface area contributed by atoms with E-state index in [1.807, 2.05) is 0 Å². The third-order valence-corrected chi connectivity index (χ3v) is 1.88. The molecular weight excluding hydrogens is 138 g/mol. The van der Waals surface area contributed by atoms with Gasteiger partial charge >= 0.3 is 0 Å². The van der Waals surface area contributed by atoms with Gasteiger partial charge in [-0.25, -0.2) is 0 Å². The third-order valence-electron chi connectivity index (χ3n) is 1.88. The number of carbonyl (C=O) groups is 1. The van der Waals surface area contributed by atoms with Crippen LogP contribution in [0.25, 0.3) is 0 Å². The summed E-state index contributed by atoms with van der Waals surface area (Å²) in [6.07, 6.45) is 6.39. The second-order valence-corrected chi connectivity index (χ2v) is 2.97. The molecule has 0 aromatic rings. The fraction of sp³-hybridized carbons (Fsp3) is 0.889. The number of unbranched alkanes of at least 4 members (excludes halogenated alkanes) is 1. The first-order valence-corrected chi connectivity index (χ1v) is 4.50. The van der Waals surface area contributed by atoms with Crippen LogP contribution < -0.4 is 5.73 Å². The van der Waals surface area contributed by atoms with Crippen LogP contribution in [0.5, 0.6) is 0 Å². The van der Waals surface area contributed by atoms with Crippen LogP contribution in [0.4, 0.5) is 0 Å². The highest BCUT2D eigenvalue weighted by molar-refractivity contribution is 5.53. The van der Waals surface area contributed by atoms with Gasteiger partial charge in [0.15, 0.2) is 0 Å². The summed E-state index contributed by atoms with van der Waals surface area (Å²) in [5.41, 5.74) is 5.34. The molecule has 0 fully saturated rings. The summed E-state index contributed by atoms with van der Waals surface area (Å²) < 4.78 is 0. The van der Waals surface area contributed by atoms with Crippen molar-refractivity contribution >= 4 is 6.29 Å². The highest BCUT2D eigenvalue weighted by Gasteiger charge is 2.04. The van der Waals surface area contributed by atoms with E-state index in [4.69, 9.17) is 5.73 Å². The first kappa shape index (κ1) is 10.6. The molecule has 0 amide bonds. The molecule has 0 spiro atoms. The predicted molar refractivity (Wildman–Crippen MR) is 47.4 cm³/mol. The normalized spacial score (nSPS) is 12.9. The molecule has 0 bridgehead atoms. The molecule has 0 aromatic carbocycles. The Morgan fingerprint density at radius 2 is 2.09 bits per heavy atom. The number of carbonyl (C=O) groups excluding carboxylic acids is 1. The van der Waals surface area contributed by atoms with Crippen molar-refractivity contribution in [1.29, 1.82) is 0 Å². The smallest absolute Gasteiger partial charge is 0.123 e. The lowest BCUT2D eigenvalue weighted by molar-refractivity contribution is -0.111. The van der Waals surface area contributed by atoms with Gasteiger partial charge in [0.05, 0.1) is 0 Å². The lowest BCUT2D eigenvalue weighted by Gasteiger charge is -2.06. The molecule has 0 heterocycles. The van der Waals surface area contributed by atoms with E-state index in [1.54, 1.807) is 0 Å². The summed E-state index contributed by atoms with van der Waals surface area (Å²) in [5.74, 6) is 0.284. The van der Waals surface area contributed by atoms with Crippen LogP contribution in [-0.2, 0) is 4.79 Å². The average Bonchev–Trinajstić information content (AvgIpc) is 2.03. The summed E-state index contributed by atoms with van der Waals surface area (Å²) >= 11 is 0. The number of hydrogen-bond donors (Lipinski definition) is 1. The van der Waals surface area contributed by atoms with Gasteiger partial charge in [-0.3, -0.25) is 0 Å². The van der Waals surface area contributed by atoms with Gasteiger partial charge in [-0.05, 0) is 25.8 Å². The zero-order valence-corrected chi connectivity index (χ0v) is 7.38. The molecule has 0 aromatic heterocycles. The molecule has 0 saturated carbocycles. The molecule has 11 heavy (non-hydrogen) atoms. The molecule has 0 aliphatic heterocycles. The van der Waals surface area contributed by atoms with Crippen LogP contribution in [0, 0.1) is 5.92 Å². The lowest BCUT2D eigenvalue weighted by atomic mass is 9.99. The monoisotopic (exact) mass is 157 g/mol. The highest BCUT2D eigenvalue weighted by Crippen LogP contribution is 2.11. The molecule has 0 saturated heterocycles. The summed E-state index contributed by atoms with van der Waals surface area (Å²) in [7, 11) is 0. The summed E-state index contributed by atoms with van der Waals surface area (Å²) in [4.78, 5) is 10.5. The quantitative estimate of drug-likeness (QED) is 0.452. The molecule has 0 aliphatic rings. The highest BCUT2D eigenvalue weighted by atomic mass is 16.1. The van der Waals surface area contributed by atoms with E-state index in [0.717, 1.165) is 44.9 Å². The van der Waals surface area contributed by atoms with E-state index in [0.29, 0.717) is 0 Å². The molecule has 1 atom stereocenters. The molecule has 2 N–H and O–H groups in total. The Morgan fingerprint density at radius 3 is 2.55 bits per heavy atom. The van der Waals surface area contributed by atoms with Gasteiger partial charge in [0.1, 0.15) is 6.29 Å². The van der Waals surface area contributed by atoms with Crippen LogP contribution in [0.2, 0.25) is 0 Å². The zero-order valence-electron chi connectivity index (χ0n) is 7.38. The molecule has 1 unspecified atom stereocenters. The van der Waals surface area contributed by atoms with Gasteiger partial charge in [-0.1, -0.05) is 19.8 Å². The van der Waals surface area contributed by atoms with E-state index >= 15 is 0 Å². The lowest BCUT2D eigenvalue weighted by Crippen LogP contribution is -2.04. The first-order chi connectivity index (χ1) is 5.35. The Bertz CT molecular complexity index is 93.6. The van der Waals surface area contributed by atoms with Crippen molar-refractivity contribution in [2.24, 2.45) is 11.7 Å². The van der Waals surface area contributed by atoms with E-state index in [-0.39, 0.29) is 5.92 Å². The maximum Gasteiger partial charge on any atom is 0.123 e. The van der Waals surface area contributed by atoms with Crippen molar-refractivity contribution in [2.45, 2.75) is 39.0 Å². The number of hydrogen-bond acceptors (Lipinski definition) is 2. The van der Waals surface area contributed by atoms with Gasteiger partial charge in [0.2, 0.25) is 0 Å². The van der Waals surface area contributed by atoms with Crippen molar-refractivity contribution in [2.75, 3.05) is 6.54 Å². The topological polar surface area (TPSA) is 43.1 Å². The molecule has 2 heteroatoms. The SMILES string of the molecule is CCCC(C=O)CCCCN. The first-order valence-electron chi connectivity index (χ1n) is 4.50. The van der Waals surface area contributed by atoms with E-state index in [9.17, 15) is 4.79 Å². The third kappa shape index (κ3) is 6.05. The maximum absolute atomic E-state index is 10.5. The zero-order chi connectivity index (χ0) is 8.53. The minimum absolute atomic E-state index is 0.284. The fourth-order valence-corrected chi connectivity index (χ4v) is 1.20. The Hall–Kier alpha value is -0.370. The maximum atomic E-state index is 10.5. The second-order valence-electron chi connectivity index (χ2n) is 2.97. The standard InChI is InChI=1S/C9H19NO/c1-2-5-9(8-11)6-3-4-7-10/h8-9H,2-7,10H2,1H3.